The van der Waals surface area contributed by atoms with Crippen LogP contribution in [0.2, 0.25) is 0 Å². The fourth-order valence-electron chi connectivity index (χ4n) is 1.32. The van der Waals surface area contributed by atoms with Crippen molar-refractivity contribution in [1.29, 1.82) is 0 Å². The monoisotopic (exact) mass is 178 g/mol. The number of hydrogen-bond donors (Lipinski definition) is 1. The molecule has 2 heteroatoms. The molecule has 1 N–H and O–H groups in total. The van der Waals surface area contributed by atoms with Crippen LogP contribution in [0.25, 0.3) is 10.8 Å². The Bertz CT molecular complexity index is 460. The smallest absolute Gasteiger partial charge is 0.335 e. The Balaban J connectivity index is 2.69. The SMILES string of the molecule is O=C(O)c1cc[13c]2[13cH][13cH][13cH][13cH][13c]2c1. The number of fused-ring (bicyclic) bond motifs is 1. The quantitative estimate of drug-likeness (QED) is 0.728. The van der Waals surface area contributed by atoms with Gasteiger partial charge in [0.25, 0.3) is 0 Å². The zero-order chi connectivity index (χ0) is 9.26. The molecule has 64 valence electrons. The fourth-order valence-corrected chi connectivity index (χ4v) is 1.32. The van der Waals surface area contributed by atoms with Crippen LogP contribution in [0.15, 0.2) is 42.5 Å². The molecule has 2 aromatic carbocycles. The molecular weight excluding hydrogens is 170 g/mol. The molecular formula is C11H8O2. The summed E-state index contributed by atoms with van der Waals surface area (Å²) in [5, 5.41) is 10.8. The first kappa shape index (κ1) is 7.80. The number of hydrogen-bond acceptors (Lipinski definition) is 1. The lowest BCUT2D eigenvalue weighted by atomic mass is 10.3. The van der Waals surface area contributed by atoms with Crippen molar-refractivity contribution in [2.75, 3.05) is 0 Å². The van der Waals surface area contributed by atoms with Crippen LogP contribution in [0.1, 0.15) is 10.4 Å². The summed E-state index contributed by atoms with van der Waals surface area (Å²) in [5.41, 5.74) is 0.332. The van der Waals surface area contributed by atoms with Gasteiger partial charge >= 0.3 is 5.97 Å². The molecule has 0 aliphatic rings. The van der Waals surface area contributed by atoms with Gasteiger partial charge in [-0.1, -0.05) is 30.3 Å². The molecule has 0 aliphatic carbocycles. The first-order valence-electron chi connectivity index (χ1n) is 3.99. The summed E-state index contributed by atoms with van der Waals surface area (Å²) in [4.78, 5) is 10.6. The first-order chi connectivity index (χ1) is 6.27. The second-order valence-corrected chi connectivity index (χ2v) is 2.87. The summed E-state index contributed by atoms with van der Waals surface area (Å²) in [5.74, 6) is -0.884. The van der Waals surface area contributed by atoms with Crippen molar-refractivity contribution < 1.29 is 9.90 Å². The normalized spacial score (nSPS) is 10.2. The molecule has 0 radical (unpaired) electrons. The maximum Gasteiger partial charge on any atom is 0.335 e. The van der Waals surface area contributed by atoms with Crippen LogP contribution in [0, 0.1) is 0 Å². The average Bonchev–Trinajstić information content (AvgIpc) is 2.17. The van der Waals surface area contributed by atoms with E-state index in [0.717, 1.165) is 10.8 Å². The Labute approximate surface area is 75.4 Å². The van der Waals surface area contributed by atoms with Gasteiger partial charge in [0.05, 0.1) is 5.56 Å². The van der Waals surface area contributed by atoms with Crippen LogP contribution in [0.3, 0.4) is 0 Å². The number of rotatable bonds is 1. The third kappa shape index (κ3) is 1.38. The molecule has 0 bridgehead atoms. The average molecular weight is 178 g/mol. The van der Waals surface area contributed by atoms with Crippen LogP contribution in [-0.4, -0.2) is 11.1 Å². The summed E-state index contributed by atoms with van der Waals surface area (Å²) in [7, 11) is 0. The molecule has 0 heterocycles. The molecule has 0 aliphatic heterocycles. The van der Waals surface area contributed by atoms with E-state index in [1.165, 1.54) is 0 Å². The third-order valence-corrected chi connectivity index (χ3v) is 2.00. The Morgan fingerprint density at radius 1 is 1.00 bits per heavy atom. The van der Waals surface area contributed by atoms with Crippen LogP contribution in [0.4, 0.5) is 0 Å². The van der Waals surface area contributed by atoms with Gasteiger partial charge in [-0.2, -0.15) is 0 Å². The highest BCUT2D eigenvalue weighted by Crippen LogP contribution is 2.15. The number of carbonyl (C=O) groups is 1. The van der Waals surface area contributed by atoms with Crippen LogP contribution < -0.4 is 0 Å². The Morgan fingerprint density at radius 2 is 1.69 bits per heavy atom. The van der Waals surface area contributed by atoms with Gasteiger partial charge in [0, 0.05) is 0 Å². The zero-order valence-electron chi connectivity index (χ0n) is 6.90. The summed E-state index contributed by atoms with van der Waals surface area (Å²) in [6, 6.07) is 12.8. The number of benzene rings is 2. The van der Waals surface area contributed by atoms with Gasteiger partial charge < -0.3 is 5.11 Å². The molecule has 0 saturated heterocycles. The van der Waals surface area contributed by atoms with E-state index < -0.39 is 5.97 Å². The molecule has 2 aromatic rings. The molecule has 2 nitrogen and oxygen atoms in total. The van der Waals surface area contributed by atoms with Crippen molar-refractivity contribution >= 4 is 16.7 Å². The summed E-state index contributed by atoms with van der Waals surface area (Å²) < 4.78 is 0. The maximum atomic E-state index is 10.6. The maximum absolute atomic E-state index is 10.6. The highest BCUT2D eigenvalue weighted by atomic mass is 16.4. The highest BCUT2D eigenvalue weighted by Gasteiger charge is 2.01. The molecule has 0 amide bonds. The molecule has 0 atom stereocenters. The standard InChI is InChI=1S/C11H8O2/c12-11(13)10-6-5-8-3-1-2-4-9(8)7-10/h1-7H,(H,12,13)/i1+1,2+1,3+1,4+1,8+1,9+1. The first-order valence-corrected chi connectivity index (χ1v) is 3.99. The Hall–Kier alpha value is -1.83. The van der Waals surface area contributed by atoms with E-state index in [2.05, 4.69) is 0 Å². The third-order valence-electron chi connectivity index (χ3n) is 2.00. The molecule has 0 unspecified atom stereocenters. The number of aromatic carboxylic acids is 1. The summed E-state index contributed by atoms with van der Waals surface area (Å²) in [6.45, 7) is 0. The largest absolute Gasteiger partial charge is 0.478 e. The van der Waals surface area contributed by atoms with Gasteiger partial charge in [-0.3, -0.25) is 0 Å². The lowest BCUT2D eigenvalue weighted by Crippen LogP contribution is -1.94. The topological polar surface area (TPSA) is 37.3 Å². The molecule has 0 saturated carbocycles. The second kappa shape index (κ2) is 2.90. The van der Waals surface area contributed by atoms with E-state index in [9.17, 15) is 4.79 Å². The van der Waals surface area contributed by atoms with E-state index >= 15 is 0 Å². The van der Waals surface area contributed by atoms with E-state index in [0.29, 0.717) is 5.56 Å². The number of carboxylic acid groups (broad SMARTS) is 1. The van der Waals surface area contributed by atoms with Crippen molar-refractivity contribution in [3.63, 3.8) is 0 Å². The van der Waals surface area contributed by atoms with Gasteiger partial charge in [0.15, 0.2) is 0 Å². The summed E-state index contributed by atoms with van der Waals surface area (Å²) in [6.07, 6.45) is 0. The Kier molecular flexibility index (Phi) is 1.74. The van der Waals surface area contributed by atoms with Crippen molar-refractivity contribution in [3.8, 4) is 0 Å². The number of carboxylic acids is 1. The molecule has 0 spiro atoms. The van der Waals surface area contributed by atoms with Crippen molar-refractivity contribution in [2.24, 2.45) is 0 Å². The van der Waals surface area contributed by atoms with E-state index in [-0.39, 0.29) is 0 Å². The van der Waals surface area contributed by atoms with Gasteiger partial charge in [0.1, 0.15) is 0 Å². The van der Waals surface area contributed by atoms with Crippen LogP contribution in [-0.2, 0) is 0 Å². The fraction of sp³-hybridized carbons (Fsp3) is 0. The predicted molar refractivity (Wildman–Crippen MR) is 50.9 cm³/mol. The minimum absolute atomic E-state index is 0.332. The van der Waals surface area contributed by atoms with Crippen molar-refractivity contribution in [3.05, 3.63) is 48.0 Å². The van der Waals surface area contributed by atoms with Crippen molar-refractivity contribution in [1.82, 2.24) is 0 Å². The molecule has 0 aromatic heterocycles. The highest BCUT2D eigenvalue weighted by molar-refractivity contribution is 5.94. The minimum Gasteiger partial charge on any atom is -0.478 e. The van der Waals surface area contributed by atoms with Gasteiger partial charge in [-0.25, -0.2) is 4.79 Å². The summed E-state index contributed by atoms with van der Waals surface area (Å²) >= 11 is 0. The second-order valence-electron chi connectivity index (χ2n) is 2.87. The van der Waals surface area contributed by atoms with Crippen LogP contribution in [0.5, 0.6) is 0 Å². The van der Waals surface area contributed by atoms with Gasteiger partial charge in [-0.15, -0.1) is 0 Å². The van der Waals surface area contributed by atoms with E-state index in [1.807, 2.05) is 30.3 Å². The zero-order valence-corrected chi connectivity index (χ0v) is 6.90. The van der Waals surface area contributed by atoms with Gasteiger partial charge in [0.2, 0.25) is 0 Å². The lowest BCUT2D eigenvalue weighted by Gasteiger charge is -1.98. The minimum atomic E-state index is -0.884. The van der Waals surface area contributed by atoms with E-state index in [4.69, 9.17) is 5.11 Å². The molecule has 2 rings (SSSR count). The van der Waals surface area contributed by atoms with Crippen LogP contribution >= 0.6 is 0 Å². The molecule has 13 heavy (non-hydrogen) atoms. The van der Waals surface area contributed by atoms with E-state index in [1.54, 1.807) is 12.1 Å². The predicted octanol–water partition coefficient (Wildman–Crippen LogP) is 2.54. The Morgan fingerprint density at radius 3 is 2.38 bits per heavy atom. The van der Waals surface area contributed by atoms with Crippen molar-refractivity contribution in [2.45, 2.75) is 0 Å². The molecule has 0 fully saturated rings. The lowest BCUT2D eigenvalue weighted by molar-refractivity contribution is 0.0697. The van der Waals surface area contributed by atoms with Gasteiger partial charge in [-0.05, 0) is 22.9 Å².